The van der Waals surface area contributed by atoms with Crippen LogP contribution in [0.15, 0.2) is 0 Å². The summed E-state index contributed by atoms with van der Waals surface area (Å²) < 4.78 is 22.6. The van der Waals surface area contributed by atoms with Crippen LogP contribution in [0.5, 0.6) is 0 Å². The van der Waals surface area contributed by atoms with Crippen molar-refractivity contribution in [3.63, 3.8) is 0 Å². The van der Waals surface area contributed by atoms with Gasteiger partial charge in [-0.2, -0.15) is 4.80 Å². The van der Waals surface area contributed by atoms with Crippen LogP contribution in [0.1, 0.15) is 19.2 Å². The zero-order valence-electron chi connectivity index (χ0n) is 10.4. The third-order valence-electron chi connectivity index (χ3n) is 2.17. The van der Waals surface area contributed by atoms with Crippen molar-refractivity contribution in [2.24, 2.45) is 7.05 Å². The Bertz CT molecular complexity index is 442. The molecule has 0 spiro atoms. The lowest BCUT2D eigenvalue weighted by molar-refractivity contribution is 0.520. The maximum absolute atomic E-state index is 11.3. The monoisotopic (exact) mass is 261 g/mol. The van der Waals surface area contributed by atoms with Crippen LogP contribution >= 0.6 is 0 Å². The Morgan fingerprint density at radius 3 is 2.65 bits per heavy atom. The molecule has 0 aliphatic rings. The summed E-state index contributed by atoms with van der Waals surface area (Å²) in [4.78, 5) is 1.37. The summed E-state index contributed by atoms with van der Waals surface area (Å²) in [6.45, 7) is 2.81. The van der Waals surface area contributed by atoms with E-state index in [0.717, 1.165) is 13.0 Å². The zero-order valence-corrected chi connectivity index (χ0v) is 11.2. The molecule has 1 rings (SSSR count). The molecule has 1 atom stereocenters. The van der Waals surface area contributed by atoms with E-state index in [1.165, 1.54) is 11.1 Å². The van der Waals surface area contributed by atoms with Gasteiger partial charge in [0.05, 0.1) is 12.8 Å². The summed E-state index contributed by atoms with van der Waals surface area (Å²) >= 11 is 0. The molecule has 1 unspecified atom stereocenters. The molecule has 0 radical (unpaired) electrons. The summed E-state index contributed by atoms with van der Waals surface area (Å²) in [7, 11) is -1.33. The third-order valence-corrected chi connectivity index (χ3v) is 3.17. The number of rotatable bonds is 7. The van der Waals surface area contributed by atoms with Gasteiger partial charge in [-0.05, 0) is 18.2 Å². The lowest BCUT2D eigenvalue weighted by Gasteiger charge is -2.15. The van der Waals surface area contributed by atoms with E-state index in [1.807, 2.05) is 6.92 Å². The Hall–Kier alpha value is -1.02. The SMILES string of the molecule is CCCNC(Cc1nnn(C)n1)CS(C)(=O)=O. The minimum absolute atomic E-state index is 0.0885. The van der Waals surface area contributed by atoms with Gasteiger partial charge >= 0.3 is 0 Å². The van der Waals surface area contributed by atoms with Crippen LogP contribution in [-0.2, 0) is 23.3 Å². The van der Waals surface area contributed by atoms with Gasteiger partial charge < -0.3 is 5.32 Å². The molecule has 1 aromatic heterocycles. The summed E-state index contributed by atoms with van der Waals surface area (Å²) in [5.74, 6) is 0.649. The number of nitrogens with one attached hydrogen (secondary N) is 1. The second-order valence-electron chi connectivity index (χ2n) is 4.14. The summed E-state index contributed by atoms with van der Waals surface area (Å²) in [5, 5.41) is 14.8. The first-order valence-electron chi connectivity index (χ1n) is 5.54. The fourth-order valence-corrected chi connectivity index (χ4v) is 2.50. The molecular weight excluding hydrogens is 242 g/mol. The van der Waals surface area contributed by atoms with E-state index in [2.05, 4.69) is 20.7 Å². The van der Waals surface area contributed by atoms with Gasteiger partial charge in [0.1, 0.15) is 9.84 Å². The van der Waals surface area contributed by atoms with E-state index in [1.54, 1.807) is 7.05 Å². The quantitative estimate of drug-likeness (QED) is 0.688. The van der Waals surface area contributed by atoms with Crippen LogP contribution in [0, 0.1) is 0 Å². The summed E-state index contributed by atoms with van der Waals surface area (Å²) in [6.07, 6.45) is 2.66. The molecule has 0 amide bonds. The normalized spacial score (nSPS) is 13.8. The Labute approximate surface area is 102 Å². The maximum Gasteiger partial charge on any atom is 0.176 e. The molecule has 1 N–H and O–H groups in total. The number of aromatic nitrogens is 4. The highest BCUT2D eigenvalue weighted by atomic mass is 32.2. The molecule has 0 aromatic carbocycles. The van der Waals surface area contributed by atoms with E-state index in [9.17, 15) is 8.42 Å². The Morgan fingerprint density at radius 1 is 1.47 bits per heavy atom. The molecule has 17 heavy (non-hydrogen) atoms. The largest absolute Gasteiger partial charge is 0.313 e. The number of sulfone groups is 1. The van der Waals surface area contributed by atoms with Crippen molar-refractivity contribution in [1.82, 2.24) is 25.5 Å². The van der Waals surface area contributed by atoms with Crippen molar-refractivity contribution in [3.8, 4) is 0 Å². The molecule has 98 valence electrons. The molecular formula is C9H19N5O2S. The van der Waals surface area contributed by atoms with Crippen LogP contribution in [0.25, 0.3) is 0 Å². The van der Waals surface area contributed by atoms with E-state index < -0.39 is 9.84 Å². The van der Waals surface area contributed by atoms with Gasteiger partial charge in [-0.15, -0.1) is 10.2 Å². The van der Waals surface area contributed by atoms with E-state index in [-0.39, 0.29) is 11.8 Å². The van der Waals surface area contributed by atoms with Crippen molar-refractivity contribution in [1.29, 1.82) is 0 Å². The van der Waals surface area contributed by atoms with E-state index in [4.69, 9.17) is 0 Å². The second-order valence-corrected chi connectivity index (χ2v) is 6.33. The van der Waals surface area contributed by atoms with Crippen LogP contribution in [0.2, 0.25) is 0 Å². The van der Waals surface area contributed by atoms with Gasteiger partial charge in [-0.3, -0.25) is 0 Å². The number of hydrogen-bond donors (Lipinski definition) is 1. The average molecular weight is 261 g/mol. The van der Waals surface area contributed by atoms with Gasteiger partial charge in [-0.1, -0.05) is 6.92 Å². The molecule has 1 heterocycles. The predicted molar refractivity (Wildman–Crippen MR) is 64.3 cm³/mol. The van der Waals surface area contributed by atoms with E-state index in [0.29, 0.717) is 12.2 Å². The number of nitrogens with zero attached hydrogens (tertiary/aromatic N) is 4. The Kier molecular flexibility index (Phi) is 5.01. The molecule has 0 bridgehead atoms. The maximum atomic E-state index is 11.3. The van der Waals surface area contributed by atoms with Crippen LogP contribution in [0.4, 0.5) is 0 Å². The molecule has 8 heteroatoms. The van der Waals surface area contributed by atoms with Crippen molar-refractivity contribution in [2.75, 3.05) is 18.6 Å². The van der Waals surface area contributed by atoms with Crippen LogP contribution in [0.3, 0.4) is 0 Å². The first-order valence-corrected chi connectivity index (χ1v) is 7.60. The Morgan fingerprint density at radius 2 is 2.18 bits per heavy atom. The lowest BCUT2D eigenvalue weighted by atomic mass is 10.2. The Balaban J connectivity index is 2.63. The van der Waals surface area contributed by atoms with Crippen molar-refractivity contribution >= 4 is 9.84 Å². The van der Waals surface area contributed by atoms with Gasteiger partial charge in [0, 0.05) is 18.7 Å². The fraction of sp³-hybridized carbons (Fsp3) is 0.889. The second kappa shape index (κ2) is 6.06. The molecule has 0 aliphatic heterocycles. The number of aryl methyl sites for hydroxylation is 1. The van der Waals surface area contributed by atoms with Gasteiger partial charge in [0.15, 0.2) is 5.82 Å². The number of tetrazole rings is 1. The highest BCUT2D eigenvalue weighted by Crippen LogP contribution is 1.99. The van der Waals surface area contributed by atoms with Crippen molar-refractivity contribution in [2.45, 2.75) is 25.8 Å². The predicted octanol–water partition coefficient (Wildman–Crippen LogP) is -0.835. The highest BCUT2D eigenvalue weighted by molar-refractivity contribution is 7.90. The fourth-order valence-electron chi connectivity index (χ4n) is 1.53. The summed E-state index contributed by atoms with van der Waals surface area (Å²) in [5.41, 5.74) is 0. The standard InChI is InChI=1S/C9H19N5O2S/c1-4-5-10-8(7-17(3,15)16)6-9-11-13-14(2)12-9/h8,10H,4-7H2,1-3H3. The van der Waals surface area contributed by atoms with Crippen LogP contribution < -0.4 is 5.32 Å². The number of hydrogen-bond acceptors (Lipinski definition) is 6. The van der Waals surface area contributed by atoms with Crippen LogP contribution in [-0.4, -0.2) is 53.2 Å². The first-order chi connectivity index (χ1) is 7.90. The van der Waals surface area contributed by atoms with Crippen molar-refractivity contribution < 1.29 is 8.42 Å². The lowest BCUT2D eigenvalue weighted by Crippen LogP contribution is -2.38. The minimum atomic E-state index is -3.01. The van der Waals surface area contributed by atoms with Crippen molar-refractivity contribution in [3.05, 3.63) is 5.82 Å². The molecule has 7 nitrogen and oxygen atoms in total. The third kappa shape index (κ3) is 5.73. The molecule has 1 aromatic rings. The minimum Gasteiger partial charge on any atom is -0.313 e. The van der Waals surface area contributed by atoms with Gasteiger partial charge in [0.25, 0.3) is 0 Å². The topological polar surface area (TPSA) is 89.8 Å². The molecule has 0 saturated heterocycles. The van der Waals surface area contributed by atoms with Gasteiger partial charge in [0.2, 0.25) is 0 Å². The average Bonchev–Trinajstić information content (AvgIpc) is 2.58. The highest BCUT2D eigenvalue weighted by Gasteiger charge is 2.17. The smallest absolute Gasteiger partial charge is 0.176 e. The summed E-state index contributed by atoms with van der Waals surface area (Å²) in [6, 6.07) is -0.158. The first kappa shape index (κ1) is 14.0. The van der Waals surface area contributed by atoms with E-state index >= 15 is 0 Å². The molecule has 0 aliphatic carbocycles. The molecule has 0 fully saturated rings. The molecule has 0 saturated carbocycles. The zero-order chi connectivity index (χ0) is 12.9. The van der Waals surface area contributed by atoms with Gasteiger partial charge in [-0.25, -0.2) is 8.42 Å².